The Morgan fingerprint density at radius 3 is 2.67 bits per heavy atom. The lowest BCUT2D eigenvalue weighted by atomic mass is 9.79. The van der Waals surface area contributed by atoms with Crippen LogP contribution < -0.4 is 5.32 Å². The first-order valence-electron chi connectivity index (χ1n) is 7.47. The average Bonchev–Trinajstić information content (AvgIpc) is 2.35. The predicted molar refractivity (Wildman–Crippen MR) is 76.3 cm³/mol. The molecule has 0 bridgehead atoms. The van der Waals surface area contributed by atoms with Gasteiger partial charge in [-0.3, -0.25) is 0 Å². The molecule has 1 aromatic carbocycles. The van der Waals surface area contributed by atoms with Gasteiger partial charge in [-0.2, -0.15) is 13.2 Å². The Kier molecular flexibility index (Phi) is 5.65. The summed E-state index contributed by atoms with van der Waals surface area (Å²) in [6, 6.07) is 7.95. The van der Waals surface area contributed by atoms with E-state index >= 15 is 0 Å². The van der Waals surface area contributed by atoms with Gasteiger partial charge < -0.3 is 10.1 Å². The minimum atomic E-state index is -4.27. The lowest BCUT2D eigenvalue weighted by Gasteiger charge is -2.27. The second-order valence-electron chi connectivity index (χ2n) is 5.54. The Bertz CT molecular complexity index is 443. The molecule has 1 aliphatic carbocycles. The maximum atomic E-state index is 12.2. The first-order valence-corrected chi connectivity index (χ1v) is 7.47. The topological polar surface area (TPSA) is 21.3 Å². The summed E-state index contributed by atoms with van der Waals surface area (Å²) in [6.45, 7) is 1.46. The Hall–Kier alpha value is -1.07. The van der Waals surface area contributed by atoms with Gasteiger partial charge in [0.2, 0.25) is 0 Å². The Balaban J connectivity index is 1.99. The van der Waals surface area contributed by atoms with Crippen LogP contribution in [0.3, 0.4) is 0 Å². The minimum Gasteiger partial charge on any atom is -0.370 e. The van der Waals surface area contributed by atoms with Crippen LogP contribution in [0, 0.1) is 0 Å². The highest BCUT2D eigenvalue weighted by molar-refractivity contribution is 5.29. The first-order chi connectivity index (χ1) is 9.99. The third kappa shape index (κ3) is 5.00. The minimum absolute atomic E-state index is 0.0292. The predicted octanol–water partition coefficient (Wildman–Crippen LogP) is 4.18. The highest BCUT2D eigenvalue weighted by Gasteiger charge is 2.28. The first kappa shape index (κ1) is 16.3. The van der Waals surface area contributed by atoms with Gasteiger partial charge >= 0.3 is 6.18 Å². The summed E-state index contributed by atoms with van der Waals surface area (Å²) >= 11 is 0. The number of hydrogen-bond acceptors (Lipinski definition) is 2. The van der Waals surface area contributed by atoms with E-state index < -0.39 is 12.8 Å². The number of halogens is 3. The molecule has 2 rings (SSSR count). The van der Waals surface area contributed by atoms with Crippen LogP contribution in [-0.4, -0.2) is 25.9 Å². The number of benzene rings is 1. The van der Waals surface area contributed by atoms with Gasteiger partial charge in [-0.15, -0.1) is 0 Å². The summed E-state index contributed by atoms with van der Waals surface area (Å²) in [5, 5.41) is 3.19. The van der Waals surface area contributed by atoms with Gasteiger partial charge in [0.05, 0.1) is 12.6 Å². The molecule has 1 aliphatic rings. The molecule has 0 radical (unpaired) electrons. The summed E-state index contributed by atoms with van der Waals surface area (Å²) in [5.41, 5.74) is 2.29. The molecule has 1 unspecified atom stereocenters. The largest absolute Gasteiger partial charge is 0.411 e. The van der Waals surface area contributed by atoms with E-state index in [0.29, 0.717) is 12.5 Å². The van der Waals surface area contributed by atoms with E-state index in [1.54, 1.807) is 0 Å². The fraction of sp³-hybridized carbons (Fsp3) is 0.625. The molecule has 2 nitrogen and oxygen atoms in total. The van der Waals surface area contributed by atoms with Crippen LogP contribution in [0.15, 0.2) is 24.3 Å². The van der Waals surface area contributed by atoms with Crippen LogP contribution in [0.25, 0.3) is 0 Å². The zero-order valence-corrected chi connectivity index (χ0v) is 12.2. The van der Waals surface area contributed by atoms with Gasteiger partial charge in [0.1, 0.15) is 6.61 Å². The second kappa shape index (κ2) is 7.27. The normalized spacial score (nSPS) is 17.5. The van der Waals surface area contributed by atoms with Crippen molar-refractivity contribution in [3.8, 4) is 0 Å². The van der Waals surface area contributed by atoms with Crippen molar-refractivity contribution in [2.45, 2.75) is 44.3 Å². The van der Waals surface area contributed by atoms with E-state index in [4.69, 9.17) is 4.74 Å². The highest BCUT2D eigenvalue weighted by atomic mass is 19.4. The molecule has 0 spiro atoms. The molecule has 1 atom stereocenters. The van der Waals surface area contributed by atoms with Crippen LogP contribution in [0.2, 0.25) is 0 Å². The van der Waals surface area contributed by atoms with Gasteiger partial charge in [0.15, 0.2) is 0 Å². The van der Waals surface area contributed by atoms with Gasteiger partial charge in [-0.05, 0) is 36.4 Å². The number of alkyl halides is 3. The van der Waals surface area contributed by atoms with Gasteiger partial charge in [-0.1, -0.05) is 37.6 Å². The van der Waals surface area contributed by atoms with Crippen molar-refractivity contribution < 1.29 is 17.9 Å². The Morgan fingerprint density at radius 2 is 2.10 bits per heavy atom. The van der Waals surface area contributed by atoms with Crippen molar-refractivity contribution in [1.82, 2.24) is 5.32 Å². The Morgan fingerprint density at radius 1 is 1.33 bits per heavy atom. The molecular weight excluding hydrogens is 279 g/mol. The van der Waals surface area contributed by atoms with Crippen LogP contribution in [0.4, 0.5) is 13.2 Å². The quantitative estimate of drug-likeness (QED) is 0.815. The van der Waals surface area contributed by atoms with Crippen LogP contribution >= 0.6 is 0 Å². The maximum absolute atomic E-state index is 12.2. The molecule has 0 saturated heterocycles. The van der Waals surface area contributed by atoms with Crippen molar-refractivity contribution >= 4 is 0 Å². The summed E-state index contributed by atoms with van der Waals surface area (Å²) in [5.74, 6) is 0.614. The molecule has 21 heavy (non-hydrogen) atoms. The van der Waals surface area contributed by atoms with Crippen molar-refractivity contribution in [2.75, 3.05) is 19.8 Å². The molecule has 1 N–H and O–H groups in total. The van der Waals surface area contributed by atoms with E-state index in [1.165, 1.54) is 24.8 Å². The van der Waals surface area contributed by atoms with E-state index in [9.17, 15) is 13.2 Å². The van der Waals surface area contributed by atoms with Crippen LogP contribution in [0.1, 0.15) is 49.3 Å². The summed E-state index contributed by atoms with van der Waals surface area (Å²) in [7, 11) is 0. The fourth-order valence-corrected chi connectivity index (χ4v) is 2.58. The fourth-order valence-electron chi connectivity index (χ4n) is 2.58. The van der Waals surface area contributed by atoms with Crippen LogP contribution in [0.5, 0.6) is 0 Å². The second-order valence-corrected chi connectivity index (χ2v) is 5.54. The van der Waals surface area contributed by atoms with Gasteiger partial charge in [-0.25, -0.2) is 0 Å². The zero-order chi connectivity index (χ0) is 15.3. The monoisotopic (exact) mass is 301 g/mol. The standard InChI is InChI=1S/C16H22F3NO/c1-2-20-15(10-21-11-16(17,18)19)14-8-4-7-13(9-14)12-5-3-6-12/h4,7-9,12,15,20H,2-3,5-6,10-11H2,1H3. The molecular formula is C16H22F3NO. The number of ether oxygens (including phenoxy) is 1. The molecule has 1 saturated carbocycles. The lowest BCUT2D eigenvalue weighted by Crippen LogP contribution is -2.28. The number of likely N-dealkylation sites (N-methyl/N-ethyl adjacent to an activating group) is 1. The third-order valence-corrected chi connectivity index (χ3v) is 3.89. The molecule has 5 heteroatoms. The molecule has 1 aromatic rings. The average molecular weight is 301 g/mol. The molecule has 0 amide bonds. The van der Waals surface area contributed by atoms with Crippen LogP contribution in [-0.2, 0) is 4.74 Å². The van der Waals surface area contributed by atoms with Crippen molar-refractivity contribution in [3.63, 3.8) is 0 Å². The van der Waals surface area contributed by atoms with Crippen molar-refractivity contribution in [3.05, 3.63) is 35.4 Å². The number of nitrogens with one attached hydrogen (secondary N) is 1. The smallest absolute Gasteiger partial charge is 0.370 e. The molecule has 0 aliphatic heterocycles. The highest BCUT2D eigenvalue weighted by Crippen LogP contribution is 2.37. The zero-order valence-electron chi connectivity index (χ0n) is 12.2. The molecule has 0 aromatic heterocycles. The maximum Gasteiger partial charge on any atom is 0.411 e. The van der Waals surface area contributed by atoms with E-state index in [2.05, 4.69) is 17.4 Å². The van der Waals surface area contributed by atoms with E-state index in [-0.39, 0.29) is 12.6 Å². The summed E-state index contributed by atoms with van der Waals surface area (Å²) < 4.78 is 41.3. The van der Waals surface area contributed by atoms with E-state index in [1.807, 2.05) is 19.1 Å². The van der Waals surface area contributed by atoms with Crippen molar-refractivity contribution in [2.24, 2.45) is 0 Å². The molecule has 1 fully saturated rings. The van der Waals surface area contributed by atoms with Gasteiger partial charge in [0.25, 0.3) is 0 Å². The third-order valence-electron chi connectivity index (χ3n) is 3.89. The molecule has 0 heterocycles. The van der Waals surface area contributed by atoms with E-state index in [0.717, 1.165) is 5.56 Å². The summed E-state index contributed by atoms with van der Waals surface area (Å²) in [6.07, 6.45) is -0.593. The lowest BCUT2D eigenvalue weighted by molar-refractivity contribution is -0.175. The van der Waals surface area contributed by atoms with Crippen molar-refractivity contribution in [1.29, 1.82) is 0 Å². The SMILES string of the molecule is CCNC(COCC(F)(F)F)c1cccc(C2CCC2)c1. The van der Waals surface area contributed by atoms with Gasteiger partial charge in [0, 0.05) is 0 Å². The number of rotatable bonds is 7. The summed E-state index contributed by atoms with van der Waals surface area (Å²) in [4.78, 5) is 0. The number of hydrogen-bond donors (Lipinski definition) is 1. The Labute approximate surface area is 123 Å². The molecule has 118 valence electrons.